The maximum atomic E-state index is 13.0. The van der Waals surface area contributed by atoms with Gasteiger partial charge in [-0.2, -0.15) is 0 Å². The molecule has 84 valence electrons. The predicted octanol–water partition coefficient (Wildman–Crippen LogP) is 3.54. The number of rotatable bonds is 4. The second-order valence-electron chi connectivity index (χ2n) is 4.13. The van der Waals surface area contributed by atoms with Gasteiger partial charge in [0.1, 0.15) is 5.82 Å². The van der Waals surface area contributed by atoms with Crippen LogP contribution in [0, 0.1) is 11.7 Å². The highest BCUT2D eigenvalue weighted by Crippen LogP contribution is 2.22. The molecule has 0 radical (unpaired) electrons. The Morgan fingerprint density at radius 3 is 2.67 bits per heavy atom. The topological polar surface area (TPSA) is 20.2 Å². The van der Waals surface area contributed by atoms with Gasteiger partial charge in [-0.15, -0.1) is 0 Å². The molecule has 0 saturated carbocycles. The molecule has 0 aromatic heterocycles. The smallest absolute Gasteiger partial charge is 0.123 e. The van der Waals surface area contributed by atoms with Gasteiger partial charge >= 0.3 is 0 Å². The number of aliphatic hydroxyl groups excluding tert-OH is 1. The maximum absolute atomic E-state index is 13.0. The Labute approximate surface area is 98.4 Å². The average Bonchev–Trinajstić information content (AvgIpc) is 2.10. The summed E-state index contributed by atoms with van der Waals surface area (Å²) in [7, 11) is 0. The quantitative estimate of drug-likeness (QED) is 0.891. The molecule has 1 nitrogen and oxygen atoms in total. The summed E-state index contributed by atoms with van der Waals surface area (Å²) in [5.74, 6) is 0.139. The Hall–Kier alpha value is -0.410. The minimum Gasteiger partial charge on any atom is -0.393 e. The van der Waals surface area contributed by atoms with E-state index in [2.05, 4.69) is 22.9 Å². The Bertz CT molecular complexity index is 325. The van der Waals surface area contributed by atoms with E-state index in [9.17, 15) is 9.50 Å². The lowest BCUT2D eigenvalue weighted by Crippen LogP contribution is -2.09. The van der Waals surface area contributed by atoms with Gasteiger partial charge in [-0.25, -0.2) is 4.39 Å². The van der Waals surface area contributed by atoms with Crippen molar-refractivity contribution in [3.8, 4) is 0 Å². The van der Waals surface area contributed by atoms with Crippen LogP contribution in [0.5, 0.6) is 0 Å². The first kappa shape index (κ1) is 12.7. The largest absolute Gasteiger partial charge is 0.393 e. The number of aliphatic hydroxyl groups is 1. The van der Waals surface area contributed by atoms with Crippen molar-refractivity contribution in [2.75, 3.05) is 0 Å². The van der Waals surface area contributed by atoms with E-state index in [1.165, 1.54) is 6.07 Å². The molecular formula is C12H16BrFO. The van der Waals surface area contributed by atoms with Crippen molar-refractivity contribution in [1.29, 1.82) is 0 Å². The Morgan fingerprint density at radius 2 is 2.07 bits per heavy atom. The minimum atomic E-state index is -0.299. The van der Waals surface area contributed by atoms with Crippen LogP contribution in [-0.4, -0.2) is 11.2 Å². The summed E-state index contributed by atoms with van der Waals surface area (Å²) < 4.78 is 13.9. The zero-order valence-electron chi connectivity index (χ0n) is 9.00. The summed E-state index contributed by atoms with van der Waals surface area (Å²) >= 11 is 3.40. The van der Waals surface area contributed by atoms with Crippen LogP contribution in [0.4, 0.5) is 4.39 Å². The molecule has 1 aromatic rings. The first-order valence-corrected chi connectivity index (χ1v) is 5.90. The van der Waals surface area contributed by atoms with E-state index in [0.29, 0.717) is 5.92 Å². The summed E-state index contributed by atoms with van der Waals surface area (Å²) in [4.78, 5) is 0. The van der Waals surface area contributed by atoms with Crippen LogP contribution in [-0.2, 0) is 6.42 Å². The highest BCUT2D eigenvalue weighted by Gasteiger charge is 2.10. The molecule has 0 amide bonds. The normalized spacial score (nSPS) is 15.0. The van der Waals surface area contributed by atoms with E-state index in [1.807, 2.05) is 0 Å². The standard InChI is InChI=1S/C12H16BrFO/c1-8(5-9(2)15)6-10-7-11(14)3-4-12(10)13/h3-4,7-9,15H,5-6H2,1-2H3. The Balaban J connectivity index is 2.67. The van der Waals surface area contributed by atoms with Crippen LogP contribution in [0.25, 0.3) is 0 Å². The fourth-order valence-electron chi connectivity index (χ4n) is 1.74. The van der Waals surface area contributed by atoms with Crippen LogP contribution in [0.2, 0.25) is 0 Å². The van der Waals surface area contributed by atoms with Gasteiger partial charge in [-0.1, -0.05) is 22.9 Å². The van der Waals surface area contributed by atoms with E-state index in [-0.39, 0.29) is 11.9 Å². The molecule has 2 unspecified atom stereocenters. The third-order valence-corrected chi connectivity index (χ3v) is 3.09. The molecule has 0 fully saturated rings. The molecular weight excluding hydrogens is 259 g/mol. The van der Waals surface area contributed by atoms with E-state index in [1.54, 1.807) is 19.1 Å². The number of halogens is 2. The van der Waals surface area contributed by atoms with Crippen LogP contribution < -0.4 is 0 Å². The maximum Gasteiger partial charge on any atom is 0.123 e. The van der Waals surface area contributed by atoms with Gasteiger partial charge in [0.25, 0.3) is 0 Å². The summed E-state index contributed by atoms with van der Waals surface area (Å²) in [5, 5.41) is 9.24. The molecule has 1 aromatic carbocycles. The molecule has 3 heteroatoms. The number of hydrogen-bond donors (Lipinski definition) is 1. The zero-order chi connectivity index (χ0) is 11.4. The van der Waals surface area contributed by atoms with E-state index >= 15 is 0 Å². The third kappa shape index (κ3) is 4.31. The van der Waals surface area contributed by atoms with Gasteiger partial charge in [0.2, 0.25) is 0 Å². The Kier molecular flexibility index (Phi) is 4.74. The molecule has 15 heavy (non-hydrogen) atoms. The van der Waals surface area contributed by atoms with E-state index in [4.69, 9.17) is 0 Å². The molecule has 0 aliphatic heterocycles. The lowest BCUT2D eigenvalue weighted by Gasteiger charge is -2.14. The summed E-state index contributed by atoms with van der Waals surface area (Å²) in [5.41, 5.74) is 0.961. The van der Waals surface area contributed by atoms with Gasteiger partial charge in [-0.3, -0.25) is 0 Å². The average molecular weight is 275 g/mol. The van der Waals surface area contributed by atoms with Crippen LogP contribution in [0.15, 0.2) is 22.7 Å². The molecule has 0 bridgehead atoms. The molecule has 0 heterocycles. The van der Waals surface area contributed by atoms with Gasteiger partial charge < -0.3 is 5.11 Å². The van der Waals surface area contributed by atoms with Gasteiger partial charge in [0, 0.05) is 4.47 Å². The second-order valence-corrected chi connectivity index (χ2v) is 4.98. The highest BCUT2D eigenvalue weighted by atomic mass is 79.9. The SMILES string of the molecule is CC(O)CC(C)Cc1cc(F)ccc1Br. The summed E-state index contributed by atoms with van der Waals surface area (Å²) in [6, 6.07) is 4.70. The van der Waals surface area contributed by atoms with E-state index in [0.717, 1.165) is 22.9 Å². The predicted molar refractivity (Wildman–Crippen MR) is 63.3 cm³/mol. The van der Waals surface area contributed by atoms with E-state index < -0.39 is 0 Å². The van der Waals surface area contributed by atoms with Gasteiger partial charge in [0.05, 0.1) is 6.10 Å². The van der Waals surface area contributed by atoms with Crippen molar-refractivity contribution in [3.63, 3.8) is 0 Å². The van der Waals surface area contributed by atoms with Crippen molar-refractivity contribution in [3.05, 3.63) is 34.1 Å². The molecule has 0 aliphatic carbocycles. The summed E-state index contributed by atoms with van der Waals surface area (Å²) in [6.45, 7) is 3.83. The molecule has 0 aliphatic rings. The van der Waals surface area contributed by atoms with Crippen molar-refractivity contribution in [2.24, 2.45) is 5.92 Å². The number of benzene rings is 1. The van der Waals surface area contributed by atoms with Crippen molar-refractivity contribution < 1.29 is 9.50 Å². The fraction of sp³-hybridized carbons (Fsp3) is 0.500. The van der Waals surface area contributed by atoms with Crippen molar-refractivity contribution >= 4 is 15.9 Å². The van der Waals surface area contributed by atoms with Crippen LogP contribution in [0.3, 0.4) is 0 Å². The van der Waals surface area contributed by atoms with Gasteiger partial charge in [0.15, 0.2) is 0 Å². The first-order chi connectivity index (χ1) is 6.99. The monoisotopic (exact) mass is 274 g/mol. The molecule has 0 saturated heterocycles. The first-order valence-electron chi connectivity index (χ1n) is 5.11. The lowest BCUT2D eigenvalue weighted by atomic mass is 9.96. The van der Waals surface area contributed by atoms with Crippen molar-refractivity contribution in [2.45, 2.75) is 32.8 Å². The molecule has 1 N–H and O–H groups in total. The highest BCUT2D eigenvalue weighted by molar-refractivity contribution is 9.10. The second kappa shape index (κ2) is 5.61. The fourth-order valence-corrected chi connectivity index (χ4v) is 2.15. The van der Waals surface area contributed by atoms with Crippen LogP contribution >= 0.6 is 15.9 Å². The lowest BCUT2D eigenvalue weighted by molar-refractivity contribution is 0.164. The number of hydrogen-bond acceptors (Lipinski definition) is 1. The van der Waals surface area contributed by atoms with Crippen LogP contribution in [0.1, 0.15) is 25.8 Å². The minimum absolute atomic E-state index is 0.211. The molecule has 0 spiro atoms. The van der Waals surface area contributed by atoms with Gasteiger partial charge in [-0.05, 0) is 49.4 Å². The molecule has 2 atom stereocenters. The Morgan fingerprint density at radius 1 is 1.40 bits per heavy atom. The summed E-state index contributed by atoms with van der Waals surface area (Å²) in [6.07, 6.45) is 1.22. The zero-order valence-corrected chi connectivity index (χ0v) is 10.6. The molecule has 1 rings (SSSR count). The van der Waals surface area contributed by atoms with Crippen molar-refractivity contribution in [1.82, 2.24) is 0 Å². The third-order valence-electron chi connectivity index (χ3n) is 2.32.